The molecule has 88 valence electrons. The van der Waals surface area contributed by atoms with Crippen molar-refractivity contribution in [3.8, 4) is 11.4 Å². The molecule has 0 aliphatic carbocycles. The fourth-order valence-corrected chi connectivity index (χ4v) is 1.32. The topological polar surface area (TPSA) is 64.7 Å². The molecule has 0 radical (unpaired) electrons. The van der Waals surface area contributed by atoms with E-state index >= 15 is 0 Å². The monoisotopic (exact) mass is 240 g/mol. The van der Waals surface area contributed by atoms with Gasteiger partial charge < -0.3 is 5.73 Å². The molecule has 2 N–H and O–H groups in total. The molecule has 0 bridgehead atoms. The zero-order chi connectivity index (χ0) is 12.5. The molecule has 0 aliphatic rings. The Hall–Kier alpha value is -2.18. The number of nitrogens with zero attached hydrogens (tertiary/aromatic N) is 3. The summed E-state index contributed by atoms with van der Waals surface area (Å²) in [5, 5.41) is 0. The molecule has 2 aromatic heterocycles. The zero-order valence-corrected chi connectivity index (χ0v) is 8.44. The molecule has 7 heteroatoms. The molecule has 2 rings (SSSR count). The molecule has 0 saturated heterocycles. The summed E-state index contributed by atoms with van der Waals surface area (Å²) in [6.45, 7) is 0. The van der Waals surface area contributed by atoms with E-state index in [1.165, 1.54) is 12.3 Å². The number of rotatable bonds is 1. The first-order valence-corrected chi connectivity index (χ1v) is 4.58. The number of aromatic nitrogens is 3. The van der Waals surface area contributed by atoms with E-state index in [4.69, 9.17) is 5.73 Å². The Bertz CT molecular complexity index is 539. The summed E-state index contributed by atoms with van der Waals surface area (Å²) in [6, 6.07) is 2.27. The SMILES string of the molecule is Nc1ccnc(-c2cnccc2C(F)(F)F)n1. The summed E-state index contributed by atoms with van der Waals surface area (Å²) in [5.74, 6) is 0.0115. The second-order valence-electron chi connectivity index (χ2n) is 3.22. The van der Waals surface area contributed by atoms with Gasteiger partial charge in [-0.2, -0.15) is 13.2 Å². The van der Waals surface area contributed by atoms with Crippen LogP contribution in [-0.2, 0) is 6.18 Å². The Kier molecular flexibility index (Phi) is 2.66. The molecule has 0 spiro atoms. The van der Waals surface area contributed by atoms with Crippen molar-refractivity contribution in [1.82, 2.24) is 15.0 Å². The van der Waals surface area contributed by atoms with Gasteiger partial charge in [-0.1, -0.05) is 0 Å². The molecule has 4 nitrogen and oxygen atoms in total. The van der Waals surface area contributed by atoms with Gasteiger partial charge in [0.15, 0.2) is 5.82 Å². The minimum absolute atomic E-state index is 0.0922. The van der Waals surface area contributed by atoms with Crippen molar-refractivity contribution in [3.63, 3.8) is 0 Å². The first-order valence-electron chi connectivity index (χ1n) is 4.58. The van der Waals surface area contributed by atoms with E-state index in [0.29, 0.717) is 0 Å². The molecule has 2 aromatic rings. The van der Waals surface area contributed by atoms with Gasteiger partial charge >= 0.3 is 6.18 Å². The lowest BCUT2D eigenvalue weighted by atomic mass is 10.1. The Morgan fingerprint density at radius 3 is 2.53 bits per heavy atom. The highest BCUT2D eigenvalue weighted by Gasteiger charge is 2.34. The highest BCUT2D eigenvalue weighted by Crippen LogP contribution is 2.35. The van der Waals surface area contributed by atoms with Crippen molar-refractivity contribution >= 4 is 5.82 Å². The lowest BCUT2D eigenvalue weighted by Crippen LogP contribution is -2.08. The van der Waals surface area contributed by atoms with Crippen LogP contribution in [0.25, 0.3) is 11.4 Å². The summed E-state index contributed by atoms with van der Waals surface area (Å²) in [7, 11) is 0. The van der Waals surface area contributed by atoms with Gasteiger partial charge in [0.2, 0.25) is 0 Å². The Morgan fingerprint density at radius 1 is 1.12 bits per heavy atom. The Balaban J connectivity index is 2.60. The van der Waals surface area contributed by atoms with Crippen molar-refractivity contribution in [2.75, 3.05) is 5.73 Å². The summed E-state index contributed by atoms with van der Waals surface area (Å²) in [5.41, 5.74) is 4.38. The van der Waals surface area contributed by atoms with Crippen LogP contribution >= 0.6 is 0 Å². The van der Waals surface area contributed by atoms with Gasteiger partial charge in [0.25, 0.3) is 0 Å². The van der Waals surface area contributed by atoms with Crippen LogP contribution in [0.3, 0.4) is 0 Å². The number of alkyl halides is 3. The van der Waals surface area contributed by atoms with Crippen LogP contribution in [0.4, 0.5) is 19.0 Å². The second-order valence-corrected chi connectivity index (χ2v) is 3.22. The average Bonchev–Trinajstić information content (AvgIpc) is 2.28. The molecule has 0 amide bonds. The van der Waals surface area contributed by atoms with E-state index in [-0.39, 0.29) is 17.2 Å². The van der Waals surface area contributed by atoms with Crippen molar-refractivity contribution < 1.29 is 13.2 Å². The first-order chi connectivity index (χ1) is 7.98. The Morgan fingerprint density at radius 2 is 1.88 bits per heavy atom. The fourth-order valence-electron chi connectivity index (χ4n) is 1.32. The van der Waals surface area contributed by atoms with Crippen LogP contribution < -0.4 is 5.73 Å². The Labute approximate surface area is 94.3 Å². The number of nitrogens with two attached hydrogens (primary N) is 1. The van der Waals surface area contributed by atoms with Gasteiger partial charge in [-0.05, 0) is 12.1 Å². The number of pyridine rings is 1. The summed E-state index contributed by atoms with van der Waals surface area (Å²) < 4.78 is 38.2. The normalized spacial score (nSPS) is 11.5. The third kappa shape index (κ3) is 2.32. The maximum absolute atomic E-state index is 12.7. The smallest absolute Gasteiger partial charge is 0.384 e. The zero-order valence-electron chi connectivity index (χ0n) is 8.44. The second kappa shape index (κ2) is 4.00. The van der Waals surface area contributed by atoms with Crippen molar-refractivity contribution in [3.05, 3.63) is 36.3 Å². The summed E-state index contributed by atoms with van der Waals surface area (Å²) >= 11 is 0. The van der Waals surface area contributed by atoms with Crippen molar-refractivity contribution in [1.29, 1.82) is 0 Å². The molecule has 2 heterocycles. The highest BCUT2D eigenvalue weighted by atomic mass is 19.4. The molecule has 0 aliphatic heterocycles. The third-order valence-corrected chi connectivity index (χ3v) is 2.04. The number of hydrogen-bond acceptors (Lipinski definition) is 4. The van der Waals surface area contributed by atoms with Crippen LogP contribution in [0.15, 0.2) is 30.7 Å². The fraction of sp³-hybridized carbons (Fsp3) is 0.100. The van der Waals surface area contributed by atoms with E-state index in [1.54, 1.807) is 0 Å². The number of hydrogen-bond donors (Lipinski definition) is 1. The number of halogens is 3. The van der Waals surface area contributed by atoms with Gasteiger partial charge in [-0.25, -0.2) is 9.97 Å². The molecule has 17 heavy (non-hydrogen) atoms. The van der Waals surface area contributed by atoms with Crippen LogP contribution in [0, 0.1) is 0 Å². The van der Waals surface area contributed by atoms with Crippen molar-refractivity contribution in [2.45, 2.75) is 6.18 Å². The van der Waals surface area contributed by atoms with Gasteiger partial charge in [0, 0.05) is 24.2 Å². The molecule has 0 aromatic carbocycles. The van der Waals surface area contributed by atoms with E-state index in [9.17, 15) is 13.2 Å². The quantitative estimate of drug-likeness (QED) is 0.829. The molecule has 0 unspecified atom stereocenters. The largest absolute Gasteiger partial charge is 0.417 e. The predicted molar refractivity (Wildman–Crippen MR) is 54.7 cm³/mol. The standard InChI is InChI=1S/C10H7F3N4/c11-10(12,13)7-1-3-15-5-6(7)9-16-4-2-8(14)17-9/h1-5H,(H2,14,16,17). The minimum atomic E-state index is -4.48. The maximum Gasteiger partial charge on any atom is 0.417 e. The van der Waals surface area contributed by atoms with Crippen LogP contribution in [0.5, 0.6) is 0 Å². The van der Waals surface area contributed by atoms with E-state index < -0.39 is 11.7 Å². The van der Waals surface area contributed by atoms with Crippen LogP contribution in [0.2, 0.25) is 0 Å². The maximum atomic E-state index is 12.7. The highest BCUT2D eigenvalue weighted by molar-refractivity contribution is 5.60. The van der Waals surface area contributed by atoms with E-state index in [0.717, 1.165) is 18.5 Å². The lowest BCUT2D eigenvalue weighted by Gasteiger charge is -2.10. The number of anilines is 1. The van der Waals surface area contributed by atoms with E-state index in [2.05, 4.69) is 15.0 Å². The summed E-state index contributed by atoms with van der Waals surface area (Å²) in [6.07, 6.45) is -1.05. The van der Waals surface area contributed by atoms with E-state index in [1.807, 2.05) is 0 Å². The predicted octanol–water partition coefficient (Wildman–Crippen LogP) is 2.14. The van der Waals surface area contributed by atoms with Crippen molar-refractivity contribution in [2.24, 2.45) is 0 Å². The molecular formula is C10H7F3N4. The summed E-state index contributed by atoms with van der Waals surface area (Å²) in [4.78, 5) is 11.1. The molecule has 0 fully saturated rings. The van der Waals surface area contributed by atoms with Gasteiger partial charge in [-0.15, -0.1) is 0 Å². The number of nitrogen functional groups attached to an aromatic ring is 1. The average molecular weight is 240 g/mol. The third-order valence-electron chi connectivity index (χ3n) is 2.04. The van der Waals surface area contributed by atoms with Gasteiger partial charge in [0.05, 0.1) is 5.56 Å². The lowest BCUT2D eigenvalue weighted by molar-refractivity contribution is -0.137. The van der Waals surface area contributed by atoms with Gasteiger partial charge in [0.1, 0.15) is 5.82 Å². The first kappa shape index (κ1) is 11.3. The van der Waals surface area contributed by atoms with Crippen LogP contribution in [0.1, 0.15) is 5.56 Å². The minimum Gasteiger partial charge on any atom is -0.384 e. The molecular weight excluding hydrogens is 233 g/mol. The molecule has 0 atom stereocenters. The van der Waals surface area contributed by atoms with Crippen LogP contribution in [-0.4, -0.2) is 15.0 Å². The van der Waals surface area contributed by atoms with Gasteiger partial charge in [-0.3, -0.25) is 4.98 Å². The molecule has 0 saturated carbocycles.